The summed E-state index contributed by atoms with van der Waals surface area (Å²) in [6.07, 6.45) is -0.554. The minimum Gasteiger partial charge on any atom is -0.407 e. The Balaban J connectivity index is 2.06. The first-order valence-corrected chi connectivity index (χ1v) is 5.20. The van der Waals surface area contributed by atoms with E-state index in [0.29, 0.717) is 25.0 Å². The maximum Gasteiger partial charge on any atom is 0.318 e. The Labute approximate surface area is 91.5 Å². The molecule has 2 rings (SSSR count). The van der Waals surface area contributed by atoms with Crippen LogP contribution in [0.2, 0.25) is 0 Å². The van der Waals surface area contributed by atoms with Gasteiger partial charge in [0.2, 0.25) is 5.89 Å². The molecule has 0 bridgehead atoms. The van der Waals surface area contributed by atoms with Gasteiger partial charge in [0, 0.05) is 19.0 Å². The molecule has 0 amide bonds. The van der Waals surface area contributed by atoms with E-state index in [1.807, 2.05) is 0 Å². The minimum absolute atomic E-state index is 0.0475. The molecule has 0 aromatic carbocycles. The zero-order valence-corrected chi connectivity index (χ0v) is 8.76. The highest BCUT2D eigenvalue weighted by Crippen LogP contribution is 2.22. The zero-order chi connectivity index (χ0) is 10.8. The summed E-state index contributed by atoms with van der Waals surface area (Å²) in [7, 11) is 0. The fourth-order valence-electron chi connectivity index (χ4n) is 1.62. The van der Waals surface area contributed by atoms with Gasteiger partial charge in [-0.05, 0) is 0 Å². The molecule has 1 aliphatic heterocycles. The lowest BCUT2D eigenvalue weighted by Crippen LogP contribution is -2.21. The van der Waals surface area contributed by atoms with E-state index in [9.17, 15) is 5.11 Å². The summed E-state index contributed by atoms with van der Waals surface area (Å²) >= 11 is 5.53. The number of halogens is 1. The lowest BCUT2D eigenvalue weighted by molar-refractivity contribution is 0.104. The van der Waals surface area contributed by atoms with Crippen molar-refractivity contribution in [3.05, 3.63) is 5.89 Å². The van der Waals surface area contributed by atoms with Crippen LogP contribution in [0.1, 0.15) is 5.89 Å². The molecule has 1 aromatic rings. The fourth-order valence-corrected chi connectivity index (χ4v) is 1.72. The third-order valence-electron chi connectivity index (χ3n) is 2.48. The Morgan fingerprint density at radius 3 is 2.80 bits per heavy atom. The second kappa shape index (κ2) is 4.34. The highest BCUT2D eigenvalue weighted by molar-refractivity contribution is 6.16. The molecule has 0 radical (unpaired) electrons. The Bertz CT molecular complexity index is 333. The number of aliphatic hydroxyl groups excluding tert-OH is 2. The minimum atomic E-state index is -0.554. The van der Waals surface area contributed by atoms with Gasteiger partial charge in [0.1, 0.15) is 5.88 Å². The molecule has 1 aromatic heterocycles. The number of alkyl halides is 1. The molecule has 6 nitrogen and oxygen atoms in total. The van der Waals surface area contributed by atoms with Crippen molar-refractivity contribution in [3.8, 4) is 0 Å². The number of nitrogens with zero attached hydrogens (tertiary/aromatic N) is 3. The summed E-state index contributed by atoms with van der Waals surface area (Å²) in [6, 6.07) is 0.348. The number of hydrogen-bond donors (Lipinski definition) is 2. The molecule has 7 heteroatoms. The monoisotopic (exact) mass is 233 g/mol. The molecule has 2 heterocycles. The Hall–Kier alpha value is -0.850. The van der Waals surface area contributed by atoms with E-state index in [-0.39, 0.29) is 18.4 Å². The quantitative estimate of drug-likeness (QED) is 0.692. The molecule has 84 valence electrons. The van der Waals surface area contributed by atoms with Crippen molar-refractivity contribution >= 4 is 17.6 Å². The van der Waals surface area contributed by atoms with E-state index >= 15 is 0 Å². The number of aromatic nitrogens is 2. The normalized spacial score (nSPS) is 26.2. The third kappa shape index (κ3) is 2.06. The Morgan fingerprint density at radius 2 is 2.27 bits per heavy atom. The van der Waals surface area contributed by atoms with Crippen LogP contribution >= 0.6 is 11.6 Å². The number of anilines is 1. The van der Waals surface area contributed by atoms with Gasteiger partial charge < -0.3 is 19.5 Å². The predicted molar refractivity (Wildman–Crippen MR) is 52.7 cm³/mol. The molecule has 0 aliphatic carbocycles. The van der Waals surface area contributed by atoms with Crippen molar-refractivity contribution in [2.75, 3.05) is 24.6 Å². The molecule has 2 N–H and O–H groups in total. The number of aliphatic hydroxyl groups is 2. The summed E-state index contributed by atoms with van der Waals surface area (Å²) < 4.78 is 5.24. The lowest BCUT2D eigenvalue weighted by Gasteiger charge is -2.10. The Morgan fingerprint density at radius 1 is 1.47 bits per heavy atom. The van der Waals surface area contributed by atoms with Gasteiger partial charge in [0.25, 0.3) is 0 Å². The van der Waals surface area contributed by atoms with Crippen molar-refractivity contribution in [2.24, 2.45) is 5.92 Å². The van der Waals surface area contributed by atoms with E-state index in [2.05, 4.69) is 10.2 Å². The molecule has 0 saturated carbocycles. The van der Waals surface area contributed by atoms with Gasteiger partial charge in [-0.1, -0.05) is 5.10 Å². The van der Waals surface area contributed by atoms with E-state index < -0.39 is 6.10 Å². The average molecular weight is 234 g/mol. The first-order valence-electron chi connectivity index (χ1n) is 4.66. The van der Waals surface area contributed by atoms with Gasteiger partial charge in [-0.15, -0.1) is 16.7 Å². The second-order valence-corrected chi connectivity index (χ2v) is 3.79. The van der Waals surface area contributed by atoms with E-state index in [0.717, 1.165) is 0 Å². The van der Waals surface area contributed by atoms with Crippen molar-refractivity contribution in [3.63, 3.8) is 0 Å². The van der Waals surface area contributed by atoms with Gasteiger partial charge in [0.05, 0.1) is 12.7 Å². The molecule has 0 spiro atoms. The van der Waals surface area contributed by atoms with Crippen molar-refractivity contribution in [1.29, 1.82) is 0 Å². The molecular formula is C8H12ClN3O3. The molecule has 15 heavy (non-hydrogen) atoms. The molecule has 2 unspecified atom stereocenters. The van der Waals surface area contributed by atoms with Crippen molar-refractivity contribution in [2.45, 2.75) is 12.0 Å². The van der Waals surface area contributed by atoms with E-state index in [1.165, 1.54) is 0 Å². The second-order valence-electron chi connectivity index (χ2n) is 3.53. The smallest absolute Gasteiger partial charge is 0.318 e. The van der Waals surface area contributed by atoms with Gasteiger partial charge in [-0.2, -0.15) is 0 Å². The van der Waals surface area contributed by atoms with Crippen LogP contribution in [0.25, 0.3) is 0 Å². The van der Waals surface area contributed by atoms with Crippen LogP contribution in [0.15, 0.2) is 4.42 Å². The first-order chi connectivity index (χ1) is 7.24. The maximum atomic E-state index is 9.57. The van der Waals surface area contributed by atoms with E-state index in [1.54, 1.807) is 4.90 Å². The summed E-state index contributed by atoms with van der Waals surface area (Å²) in [5.41, 5.74) is 0. The number of rotatable bonds is 3. The van der Waals surface area contributed by atoms with Gasteiger partial charge in [-0.25, -0.2) is 0 Å². The van der Waals surface area contributed by atoms with Crippen molar-refractivity contribution < 1.29 is 14.6 Å². The largest absolute Gasteiger partial charge is 0.407 e. The van der Waals surface area contributed by atoms with Crippen LogP contribution in [0.3, 0.4) is 0 Å². The molecule has 2 atom stereocenters. The summed E-state index contributed by atoms with van der Waals surface area (Å²) in [5.74, 6) is 0.372. The van der Waals surface area contributed by atoms with E-state index in [4.69, 9.17) is 21.1 Å². The first kappa shape index (κ1) is 10.7. The fraction of sp³-hybridized carbons (Fsp3) is 0.750. The van der Waals surface area contributed by atoms with Crippen LogP contribution in [0.5, 0.6) is 0 Å². The number of β-amino-alcohol motifs (C(OH)–C–C–N with tert-alkyl or cyclic N) is 1. The topological polar surface area (TPSA) is 82.6 Å². The van der Waals surface area contributed by atoms with Gasteiger partial charge >= 0.3 is 6.01 Å². The van der Waals surface area contributed by atoms with Crippen LogP contribution in [-0.2, 0) is 5.88 Å². The third-order valence-corrected chi connectivity index (χ3v) is 2.71. The van der Waals surface area contributed by atoms with Gasteiger partial charge in [-0.3, -0.25) is 0 Å². The average Bonchev–Trinajstić information content (AvgIpc) is 2.83. The molecule has 1 aliphatic rings. The highest BCUT2D eigenvalue weighted by atomic mass is 35.5. The zero-order valence-electron chi connectivity index (χ0n) is 8.01. The van der Waals surface area contributed by atoms with Crippen molar-refractivity contribution in [1.82, 2.24) is 10.2 Å². The molecule has 1 fully saturated rings. The highest BCUT2D eigenvalue weighted by Gasteiger charge is 2.33. The molecule has 1 saturated heterocycles. The summed E-state index contributed by atoms with van der Waals surface area (Å²) in [5, 5.41) is 26.1. The lowest BCUT2D eigenvalue weighted by atomic mass is 10.1. The van der Waals surface area contributed by atoms with Gasteiger partial charge in [0.15, 0.2) is 0 Å². The van der Waals surface area contributed by atoms with Crippen LogP contribution in [-0.4, -0.2) is 46.2 Å². The standard InChI is InChI=1S/C8H12ClN3O3/c9-1-7-10-11-8(15-7)12-2-5(4-13)6(14)3-12/h5-6,13-14H,1-4H2. The SMILES string of the molecule is OCC1CN(c2nnc(CCl)o2)CC1O. The predicted octanol–water partition coefficient (Wildman–Crippen LogP) is -0.402. The van der Waals surface area contributed by atoms with Crippen LogP contribution in [0, 0.1) is 5.92 Å². The Kier molecular flexibility index (Phi) is 3.08. The van der Waals surface area contributed by atoms with Crippen LogP contribution in [0.4, 0.5) is 6.01 Å². The number of hydrogen-bond acceptors (Lipinski definition) is 6. The molecular weight excluding hydrogens is 222 g/mol. The summed E-state index contributed by atoms with van der Waals surface area (Å²) in [4.78, 5) is 1.74. The van der Waals surface area contributed by atoms with Crippen LogP contribution < -0.4 is 4.90 Å². The summed E-state index contributed by atoms with van der Waals surface area (Å²) in [6.45, 7) is 0.866. The maximum absolute atomic E-state index is 9.57.